The number of phenolic OH excluding ortho intramolecular Hbond substituents is 1. The number of aromatic nitrogens is 1. The predicted octanol–water partition coefficient (Wildman–Crippen LogP) is 5.44. The highest BCUT2D eigenvalue weighted by Gasteiger charge is 2.28. The normalized spacial score (nSPS) is 13.3. The molecule has 3 aromatic rings. The monoisotopic (exact) mass is 413 g/mol. The standard InChI is InChI=1S/C23H24ClNO4/c1-5-13(2)29-23(28)14(3)21-15(4)25(20-11-10-18(26)12-19(20)21)22(27)16-6-8-17(24)9-7-16/h6-14,26H,5H2,1-4H3/t13?,14-/m0/s1. The second-order valence-corrected chi connectivity index (χ2v) is 7.66. The molecular weight excluding hydrogens is 390 g/mol. The quantitative estimate of drug-likeness (QED) is 0.565. The molecule has 0 aliphatic heterocycles. The Bertz CT molecular complexity index is 1070. The highest BCUT2D eigenvalue weighted by molar-refractivity contribution is 6.30. The number of rotatable bonds is 5. The van der Waals surface area contributed by atoms with Crippen LogP contribution >= 0.6 is 11.6 Å². The highest BCUT2D eigenvalue weighted by Crippen LogP contribution is 2.35. The first kappa shape index (κ1) is 20.9. The maximum Gasteiger partial charge on any atom is 0.313 e. The second kappa shape index (κ2) is 8.29. The fourth-order valence-electron chi connectivity index (χ4n) is 3.46. The molecule has 1 unspecified atom stereocenters. The lowest BCUT2D eigenvalue weighted by Crippen LogP contribution is -2.20. The van der Waals surface area contributed by atoms with Crippen molar-refractivity contribution >= 4 is 34.4 Å². The average molecular weight is 414 g/mol. The number of hydrogen-bond acceptors (Lipinski definition) is 4. The van der Waals surface area contributed by atoms with Crippen LogP contribution in [0.5, 0.6) is 5.75 Å². The van der Waals surface area contributed by atoms with E-state index in [9.17, 15) is 14.7 Å². The SMILES string of the molecule is CCC(C)OC(=O)[C@@H](C)c1c(C)n(C(=O)c2ccc(Cl)cc2)c2ccc(O)cc12. The van der Waals surface area contributed by atoms with Gasteiger partial charge in [0.05, 0.1) is 17.5 Å². The van der Waals surface area contributed by atoms with Gasteiger partial charge in [0, 0.05) is 21.7 Å². The molecule has 5 nitrogen and oxygen atoms in total. The van der Waals surface area contributed by atoms with Crippen LogP contribution in [-0.2, 0) is 9.53 Å². The smallest absolute Gasteiger partial charge is 0.313 e. The molecule has 2 aromatic carbocycles. The summed E-state index contributed by atoms with van der Waals surface area (Å²) in [6.45, 7) is 7.35. The van der Waals surface area contributed by atoms with E-state index in [2.05, 4.69) is 0 Å². The minimum Gasteiger partial charge on any atom is -0.508 e. The molecule has 1 heterocycles. The molecule has 3 rings (SSSR count). The van der Waals surface area contributed by atoms with Crippen LogP contribution in [0.3, 0.4) is 0 Å². The number of esters is 1. The van der Waals surface area contributed by atoms with E-state index in [-0.39, 0.29) is 23.7 Å². The summed E-state index contributed by atoms with van der Waals surface area (Å²) < 4.78 is 7.08. The van der Waals surface area contributed by atoms with Crippen LogP contribution in [0.4, 0.5) is 0 Å². The Hall–Kier alpha value is -2.79. The van der Waals surface area contributed by atoms with Crippen LogP contribution in [0.1, 0.15) is 54.7 Å². The van der Waals surface area contributed by atoms with E-state index >= 15 is 0 Å². The van der Waals surface area contributed by atoms with Crippen molar-refractivity contribution in [2.45, 2.75) is 46.1 Å². The van der Waals surface area contributed by atoms with Crippen molar-refractivity contribution in [1.82, 2.24) is 4.57 Å². The van der Waals surface area contributed by atoms with Gasteiger partial charge >= 0.3 is 5.97 Å². The molecule has 0 fully saturated rings. The summed E-state index contributed by atoms with van der Waals surface area (Å²) in [4.78, 5) is 25.9. The minimum absolute atomic E-state index is 0.0670. The Balaban J connectivity index is 2.15. The maximum atomic E-state index is 13.2. The summed E-state index contributed by atoms with van der Waals surface area (Å²) in [5.74, 6) is -1.11. The molecule has 1 aromatic heterocycles. The third-order valence-corrected chi connectivity index (χ3v) is 5.46. The van der Waals surface area contributed by atoms with Crippen LogP contribution in [0, 0.1) is 6.92 Å². The average Bonchev–Trinajstić information content (AvgIpc) is 2.98. The lowest BCUT2D eigenvalue weighted by Gasteiger charge is -2.16. The van der Waals surface area contributed by atoms with Gasteiger partial charge in [0.2, 0.25) is 0 Å². The molecule has 2 atom stereocenters. The van der Waals surface area contributed by atoms with Gasteiger partial charge in [0.25, 0.3) is 5.91 Å². The van der Waals surface area contributed by atoms with E-state index in [0.717, 1.165) is 6.42 Å². The Morgan fingerprint density at radius 2 is 1.79 bits per heavy atom. The summed E-state index contributed by atoms with van der Waals surface area (Å²) in [7, 11) is 0. The highest BCUT2D eigenvalue weighted by atomic mass is 35.5. The Labute approximate surface area is 174 Å². The Morgan fingerprint density at radius 3 is 2.41 bits per heavy atom. The molecular formula is C23H24ClNO4. The van der Waals surface area contributed by atoms with Crippen LogP contribution in [0.15, 0.2) is 42.5 Å². The summed E-state index contributed by atoms with van der Waals surface area (Å²) in [6.07, 6.45) is 0.525. The molecule has 0 radical (unpaired) electrons. The molecule has 152 valence electrons. The molecule has 0 bridgehead atoms. The van der Waals surface area contributed by atoms with Gasteiger partial charge in [0.15, 0.2) is 0 Å². The molecule has 1 N–H and O–H groups in total. The lowest BCUT2D eigenvalue weighted by atomic mass is 9.97. The van der Waals surface area contributed by atoms with Gasteiger partial charge in [-0.25, -0.2) is 0 Å². The number of benzene rings is 2. The third-order valence-electron chi connectivity index (χ3n) is 5.21. The number of halogens is 1. The molecule has 0 saturated carbocycles. The van der Waals surface area contributed by atoms with Crippen molar-refractivity contribution in [3.63, 3.8) is 0 Å². The maximum absolute atomic E-state index is 13.2. The molecule has 29 heavy (non-hydrogen) atoms. The zero-order chi connectivity index (χ0) is 21.3. The fourth-order valence-corrected chi connectivity index (χ4v) is 3.59. The third kappa shape index (κ3) is 4.01. The number of nitrogens with zero attached hydrogens (tertiary/aromatic N) is 1. The van der Waals surface area contributed by atoms with Crippen molar-refractivity contribution < 1.29 is 19.4 Å². The van der Waals surface area contributed by atoms with E-state index in [1.54, 1.807) is 54.8 Å². The first-order valence-corrected chi connectivity index (χ1v) is 9.97. The van der Waals surface area contributed by atoms with Crippen LogP contribution in [-0.4, -0.2) is 27.7 Å². The van der Waals surface area contributed by atoms with E-state index in [1.807, 2.05) is 13.8 Å². The molecule has 0 aliphatic carbocycles. The topological polar surface area (TPSA) is 68.5 Å². The number of carbonyl (C=O) groups is 2. The number of ether oxygens (including phenoxy) is 1. The van der Waals surface area contributed by atoms with Crippen molar-refractivity contribution in [1.29, 1.82) is 0 Å². The Kier molecular flexibility index (Phi) is 5.99. The van der Waals surface area contributed by atoms with Gasteiger partial charge in [-0.2, -0.15) is 0 Å². The lowest BCUT2D eigenvalue weighted by molar-refractivity contribution is -0.149. The van der Waals surface area contributed by atoms with E-state index < -0.39 is 5.92 Å². The number of hydrogen-bond donors (Lipinski definition) is 1. The number of phenols is 1. The first-order valence-electron chi connectivity index (χ1n) is 9.59. The van der Waals surface area contributed by atoms with Crippen molar-refractivity contribution in [2.75, 3.05) is 0 Å². The molecule has 6 heteroatoms. The Morgan fingerprint density at radius 1 is 1.14 bits per heavy atom. The zero-order valence-electron chi connectivity index (χ0n) is 16.9. The second-order valence-electron chi connectivity index (χ2n) is 7.23. The van der Waals surface area contributed by atoms with Crippen molar-refractivity contribution in [2.24, 2.45) is 0 Å². The summed E-state index contributed by atoms with van der Waals surface area (Å²) in [6, 6.07) is 11.4. The van der Waals surface area contributed by atoms with Crippen LogP contribution < -0.4 is 0 Å². The van der Waals surface area contributed by atoms with Crippen LogP contribution in [0.25, 0.3) is 10.9 Å². The van der Waals surface area contributed by atoms with E-state index in [4.69, 9.17) is 16.3 Å². The van der Waals surface area contributed by atoms with E-state index in [0.29, 0.717) is 32.7 Å². The molecule has 0 saturated heterocycles. The van der Waals surface area contributed by atoms with E-state index in [1.165, 1.54) is 6.07 Å². The zero-order valence-corrected chi connectivity index (χ0v) is 17.7. The molecule has 0 aliphatic rings. The predicted molar refractivity (Wildman–Crippen MR) is 114 cm³/mol. The molecule has 0 spiro atoms. The van der Waals surface area contributed by atoms with Crippen LogP contribution in [0.2, 0.25) is 5.02 Å². The van der Waals surface area contributed by atoms with Crippen molar-refractivity contribution in [3.05, 3.63) is 64.3 Å². The summed E-state index contributed by atoms with van der Waals surface area (Å²) in [5, 5.41) is 11.2. The van der Waals surface area contributed by atoms with Gasteiger partial charge in [-0.1, -0.05) is 18.5 Å². The minimum atomic E-state index is -0.590. The fraction of sp³-hybridized carbons (Fsp3) is 0.304. The van der Waals surface area contributed by atoms with Gasteiger partial charge in [-0.3, -0.25) is 14.2 Å². The van der Waals surface area contributed by atoms with Gasteiger partial charge in [-0.05, 0) is 75.2 Å². The van der Waals surface area contributed by atoms with Gasteiger partial charge < -0.3 is 9.84 Å². The van der Waals surface area contributed by atoms with Gasteiger partial charge in [0.1, 0.15) is 5.75 Å². The summed E-state index contributed by atoms with van der Waals surface area (Å²) >= 11 is 5.94. The van der Waals surface area contributed by atoms with Gasteiger partial charge in [-0.15, -0.1) is 0 Å². The number of fused-ring (bicyclic) bond motifs is 1. The summed E-state index contributed by atoms with van der Waals surface area (Å²) in [5.41, 5.74) is 2.41. The number of carbonyl (C=O) groups excluding carboxylic acids is 2. The largest absolute Gasteiger partial charge is 0.508 e. The number of aromatic hydroxyl groups is 1. The molecule has 0 amide bonds. The van der Waals surface area contributed by atoms with Crippen molar-refractivity contribution in [3.8, 4) is 5.75 Å². The first-order chi connectivity index (χ1) is 13.7.